The zero-order chi connectivity index (χ0) is 22.5. The molecule has 10 nitrogen and oxygen atoms in total. The molecule has 2 aromatic heterocycles. The molecule has 0 saturated heterocycles. The lowest BCUT2D eigenvalue weighted by Gasteiger charge is -2.15. The van der Waals surface area contributed by atoms with Crippen LogP contribution in [0.25, 0.3) is 5.65 Å². The number of primary amides is 1. The zero-order valence-electron chi connectivity index (χ0n) is 16.6. The van der Waals surface area contributed by atoms with Crippen molar-refractivity contribution in [3.05, 3.63) is 63.2 Å². The number of methoxy groups -OCH3 is 2. The number of carbonyl (C=O) groups is 2. The summed E-state index contributed by atoms with van der Waals surface area (Å²) in [6, 6.07) is 7.16. The Morgan fingerprint density at radius 2 is 1.81 bits per heavy atom. The first-order valence-corrected chi connectivity index (χ1v) is 9.22. The van der Waals surface area contributed by atoms with Crippen molar-refractivity contribution in [3.63, 3.8) is 0 Å². The fourth-order valence-electron chi connectivity index (χ4n) is 2.71. The van der Waals surface area contributed by atoms with Crippen LogP contribution in [0.5, 0.6) is 17.2 Å². The minimum absolute atomic E-state index is 0.101. The fourth-order valence-corrected chi connectivity index (χ4v) is 2.87. The molecule has 0 aliphatic heterocycles. The molecule has 0 aliphatic rings. The van der Waals surface area contributed by atoms with Gasteiger partial charge in [0.25, 0.3) is 11.5 Å². The molecule has 3 rings (SSSR count). The van der Waals surface area contributed by atoms with Gasteiger partial charge in [0.15, 0.2) is 18.1 Å². The lowest BCUT2D eigenvalue weighted by Crippen LogP contribution is -2.20. The van der Waals surface area contributed by atoms with Gasteiger partial charge in [0.05, 0.1) is 30.5 Å². The van der Waals surface area contributed by atoms with Gasteiger partial charge in [-0.15, -0.1) is 0 Å². The highest BCUT2D eigenvalue weighted by Crippen LogP contribution is 2.38. The number of benzene rings is 1. The summed E-state index contributed by atoms with van der Waals surface area (Å²) >= 11 is 5.89. The monoisotopic (exact) mass is 447 g/mol. The molecule has 2 heterocycles. The molecule has 1 amide bonds. The van der Waals surface area contributed by atoms with Gasteiger partial charge in [0.2, 0.25) is 5.75 Å². The average Bonchev–Trinajstić information content (AvgIpc) is 2.75. The zero-order valence-corrected chi connectivity index (χ0v) is 17.3. The predicted molar refractivity (Wildman–Crippen MR) is 110 cm³/mol. The lowest BCUT2D eigenvalue weighted by atomic mass is 10.2. The van der Waals surface area contributed by atoms with E-state index in [0.29, 0.717) is 10.7 Å². The first-order chi connectivity index (χ1) is 14.8. The van der Waals surface area contributed by atoms with Gasteiger partial charge >= 0.3 is 5.97 Å². The lowest BCUT2D eigenvalue weighted by molar-refractivity contribution is -0.120. The summed E-state index contributed by atoms with van der Waals surface area (Å²) in [6.45, 7) is -0.636. The summed E-state index contributed by atoms with van der Waals surface area (Å²) in [6.07, 6.45) is 1.45. The second-order valence-electron chi connectivity index (χ2n) is 6.20. The van der Waals surface area contributed by atoms with E-state index in [9.17, 15) is 14.4 Å². The second kappa shape index (κ2) is 9.35. The minimum atomic E-state index is -0.712. The van der Waals surface area contributed by atoms with E-state index in [4.69, 9.17) is 36.3 Å². The standard InChI is InChI=1S/C20H18ClN3O7/c1-28-14-5-11(6-15(29-2)19(14)30-10-16(22)25)20(27)31-9-13-7-18(26)24-8-12(21)3-4-17(24)23-13/h3-8H,9-10H2,1-2H3,(H2,22,25). The van der Waals surface area contributed by atoms with E-state index in [1.165, 1.54) is 43.0 Å². The number of rotatable bonds is 8. The molecule has 0 radical (unpaired) electrons. The van der Waals surface area contributed by atoms with Crippen LogP contribution in [0, 0.1) is 0 Å². The van der Waals surface area contributed by atoms with Crippen LogP contribution in [0.4, 0.5) is 0 Å². The summed E-state index contributed by atoms with van der Waals surface area (Å²) in [4.78, 5) is 40.0. The van der Waals surface area contributed by atoms with Gasteiger partial charge < -0.3 is 24.7 Å². The number of nitrogens with two attached hydrogens (primary N) is 1. The molecular weight excluding hydrogens is 430 g/mol. The quantitative estimate of drug-likeness (QED) is 0.515. The summed E-state index contributed by atoms with van der Waals surface area (Å²) in [7, 11) is 2.72. The van der Waals surface area contributed by atoms with Crippen LogP contribution < -0.4 is 25.5 Å². The van der Waals surface area contributed by atoms with E-state index in [-0.39, 0.29) is 40.7 Å². The van der Waals surface area contributed by atoms with E-state index in [0.717, 1.165) is 0 Å². The first kappa shape index (κ1) is 21.9. The Kier molecular flexibility index (Phi) is 6.61. The highest BCUT2D eigenvalue weighted by Gasteiger charge is 2.19. The molecule has 11 heteroatoms. The number of ether oxygens (including phenoxy) is 4. The van der Waals surface area contributed by atoms with E-state index in [1.807, 2.05) is 0 Å². The van der Waals surface area contributed by atoms with Gasteiger partial charge in [-0.3, -0.25) is 14.0 Å². The number of esters is 1. The third-order valence-corrected chi connectivity index (χ3v) is 4.31. The van der Waals surface area contributed by atoms with Gasteiger partial charge in [-0.2, -0.15) is 0 Å². The van der Waals surface area contributed by atoms with Crippen LogP contribution in [0.3, 0.4) is 0 Å². The first-order valence-electron chi connectivity index (χ1n) is 8.84. The Morgan fingerprint density at radius 3 is 2.42 bits per heavy atom. The second-order valence-corrected chi connectivity index (χ2v) is 6.64. The van der Waals surface area contributed by atoms with Gasteiger partial charge in [-0.1, -0.05) is 11.6 Å². The maximum absolute atomic E-state index is 12.5. The number of carbonyl (C=O) groups excluding carboxylic acids is 2. The topological polar surface area (TPSA) is 131 Å². The van der Waals surface area contributed by atoms with E-state index < -0.39 is 18.5 Å². The molecule has 0 unspecified atom stereocenters. The van der Waals surface area contributed by atoms with Crippen molar-refractivity contribution < 1.29 is 28.5 Å². The van der Waals surface area contributed by atoms with Gasteiger partial charge in [-0.05, 0) is 24.3 Å². The number of fused-ring (bicyclic) bond motifs is 1. The molecule has 0 atom stereocenters. The van der Waals surface area contributed by atoms with Crippen LogP contribution >= 0.6 is 11.6 Å². The van der Waals surface area contributed by atoms with Crippen LogP contribution in [0.2, 0.25) is 5.02 Å². The smallest absolute Gasteiger partial charge is 0.338 e. The van der Waals surface area contributed by atoms with Crippen molar-refractivity contribution in [2.75, 3.05) is 20.8 Å². The van der Waals surface area contributed by atoms with Crippen molar-refractivity contribution in [2.24, 2.45) is 5.73 Å². The molecule has 0 spiro atoms. The van der Waals surface area contributed by atoms with Crippen LogP contribution in [-0.2, 0) is 16.1 Å². The summed E-state index contributed by atoms with van der Waals surface area (Å²) in [5, 5.41) is 0.390. The SMILES string of the molecule is COc1cc(C(=O)OCc2cc(=O)n3cc(Cl)ccc3n2)cc(OC)c1OCC(N)=O. The molecule has 31 heavy (non-hydrogen) atoms. The fraction of sp³-hybridized carbons (Fsp3) is 0.200. The van der Waals surface area contributed by atoms with Crippen LogP contribution in [0.1, 0.15) is 16.1 Å². The molecule has 2 N–H and O–H groups in total. The molecule has 1 aromatic carbocycles. The van der Waals surface area contributed by atoms with Crippen molar-refractivity contribution in [1.29, 1.82) is 0 Å². The molecule has 0 fully saturated rings. The largest absolute Gasteiger partial charge is 0.493 e. The van der Waals surface area contributed by atoms with E-state index >= 15 is 0 Å². The Labute approximate surface area is 181 Å². The third-order valence-electron chi connectivity index (χ3n) is 4.08. The Balaban J connectivity index is 1.81. The number of nitrogens with zero attached hydrogens (tertiary/aromatic N) is 2. The third kappa shape index (κ3) is 5.04. The number of hydrogen-bond acceptors (Lipinski definition) is 8. The van der Waals surface area contributed by atoms with Crippen molar-refractivity contribution in [2.45, 2.75) is 6.61 Å². The summed E-state index contributed by atoms with van der Waals surface area (Å²) in [5.41, 5.74) is 5.46. The van der Waals surface area contributed by atoms with E-state index in [1.54, 1.807) is 12.1 Å². The number of amides is 1. The molecule has 3 aromatic rings. The number of aromatic nitrogens is 2. The van der Waals surface area contributed by atoms with Gasteiger partial charge in [-0.25, -0.2) is 9.78 Å². The molecule has 0 aliphatic carbocycles. The van der Waals surface area contributed by atoms with Crippen LogP contribution in [-0.4, -0.2) is 42.1 Å². The Bertz CT molecular complexity index is 1180. The van der Waals surface area contributed by atoms with Crippen LogP contribution in [0.15, 0.2) is 41.3 Å². The Hall–Kier alpha value is -3.79. The minimum Gasteiger partial charge on any atom is -0.493 e. The van der Waals surface area contributed by atoms with Crippen molar-refractivity contribution in [1.82, 2.24) is 9.38 Å². The van der Waals surface area contributed by atoms with Crippen molar-refractivity contribution >= 4 is 29.1 Å². The number of hydrogen-bond donors (Lipinski definition) is 1. The van der Waals surface area contributed by atoms with Gasteiger partial charge in [0.1, 0.15) is 12.3 Å². The maximum Gasteiger partial charge on any atom is 0.338 e. The van der Waals surface area contributed by atoms with Crippen molar-refractivity contribution in [3.8, 4) is 17.2 Å². The van der Waals surface area contributed by atoms with Gasteiger partial charge in [0, 0.05) is 12.3 Å². The molecular formula is C20H18ClN3O7. The summed E-state index contributed by atoms with van der Waals surface area (Å²) in [5.74, 6) is -0.994. The predicted octanol–water partition coefficient (Wildman–Crippen LogP) is 1.59. The maximum atomic E-state index is 12.5. The number of halogens is 1. The van der Waals surface area contributed by atoms with E-state index in [2.05, 4.69) is 4.98 Å². The molecule has 162 valence electrons. The Morgan fingerprint density at radius 1 is 1.13 bits per heavy atom. The highest BCUT2D eigenvalue weighted by atomic mass is 35.5. The summed E-state index contributed by atoms with van der Waals surface area (Å²) < 4.78 is 22.3. The average molecular weight is 448 g/mol. The molecule has 0 bridgehead atoms. The number of pyridine rings is 1. The normalized spacial score (nSPS) is 10.5. The highest BCUT2D eigenvalue weighted by molar-refractivity contribution is 6.30. The molecule has 0 saturated carbocycles.